The zero-order valence-corrected chi connectivity index (χ0v) is 13.7. The summed E-state index contributed by atoms with van der Waals surface area (Å²) in [6.07, 6.45) is 1.75. The van der Waals surface area contributed by atoms with Crippen molar-refractivity contribution in [2.45, 2.75) is 13.8 Å². The Bertz CT molecular complexity index is 836. The predicted molar refractivity (Wildman–Crippen MR) is 90.0 cm³/mol. The molecule has 0 aliphatic rings. The minimum atomic E-state index is 0.555. The van der Waals surface area contributed by atoms with Crippen molar-refractivity contribution in [3.63, 3.8) is 0 Å². The molecule has 0 amide bonds. The van der Waals surface area contributed by atoms with Gasteiger partial charge in [0.05, 0.1) is 20.4 Å². The van der Waals surface area contributed by atoms with Crippen molar-refractivity contribution in [3.8, 4) is 34.3 Å². The van der Waals surface area contributed by atoms with Crippen molar-refractivity contribution in [1.82, 2.24) is 4.98 Å². The summed E-state index contributed by atoms with van der Waals surface area (Å²) in [5.41, 5.74) is 4.35. The Kier molecular flexibility index (Phi) is 4.06. The molecule has 0 N–H and O–H groups in total. The number of oxazole rings is 1. The van der Waals surface area contributed by atoms with Crippen LogP contribution in [0.15, 0.2) is 47.0 Å². The van der Waals surface area contributed by atoms with Gasteiger partial charge in [-0.25, -0.2) is 4.98 Å². The molecule has 118 valence electrons. The maximum Gasteiger partial charge on any atom is 0.226 e. The lowest BCUT2D eigenvalue weighted by atomic mass is 10.1. The highest BCUT2D eigenvalue weighted by molar-refractivity contribution is 5.64. The van der Waals surface area contributed by atoms with Gasteiger partial charge >= 0.3 is 0 Å². The van der Waals surface area contributed by atoms with Gasteiger partial charge in [-0.05, 0) is 49.2 Å². The lowest BCUT2D eigenvalue weighted by Crippen LogP contribution is -1.90. The number of rotatable bonds is 4. The van der Waals surface area contributed by atoms with Crippen molar-refractivity contribution in [2.24, 2.45) is 0 Å². The molecule has 1 aromatic heterocycles. The first-order valence-electron chi connectivity index (χ1n) is 7.38. The van der Waals surface area contributed by atoms with E-state index in [2.05, 4.69) is 31.0 Å². The minimum Gasteiger partial charge on any atom is -0.493 e. The van der Waals surface area contributed by atoms with Crippen molar-refractivity contribution in [1.29, 1.82) is 0 Å². The number of nitrogens with zero attached hydrogens (tertiary/aromatic N) is 1. The molecule has 23 heavy (non-hydrogen) atoms. The number of hydrogen-bond donors (Lipinski definition) is 0. The third-order valence-corrected chi connectivity index (χ3v) is 3.93. The van der Waals surface area contributed by atoms with Crippen molar-refractivity contribution < 1.29 is 13.9 Å². The molecule has 1 heterocycles. The fourth-order valence-corrected chi connectivity index (χ4v) is 2.40. The van der Waals surface area contributed by atoms with Gasteiger partial charge in [0, 0.05) is 11.1 Å². The Morgan fingerprint density at radius 1 is 0.826 bits per heavy atom. The molecular formula is C19H19NO3. The standard InChI is InChI=1S/C19H19NO3/c1-12-5-6-14(9-13(12)2)18-11-20-19(23-18)15-7-8-16(21-3)17(10-15)22-4/h5-11H,1-4H3. The highest BCUT2D eigenvalue weighted by Crippen LogP contribution is 2.33. The fraction of sp³-hybridized carbons (Fsp3) is 0.211. The average molecular weight is 309 g/mol. The molecule has 0 saturated carbocycles. The predicted octanol–water partition coefficient (Wildman–Crippen LogP) is 4.64. The second-order valence-corrected chi connectivity index (χ2v) is 5.40. The number of ether oxygens (including phenoxy) is 2. The summed E-state index contributed by atoms with van der Waals surface area (Å²) in [7, 11) is 3.22. The van der Waals surface area contributed by atoms with Crippen molar-refractivity contribution in [2.75, 3.05) is 14.2 Å². The van der Waals surface area contributed by atoms with Crippen LogP contribution in [0.25, 0.3) is 22.8 Å². The van der Waals surface area contributed by atoms with Crippen LogP contribution in [0.4, 0.5) is 0 Å². The summed E-state index contributed by atoms with van der Waals surface area (Å²) < 4.78 is 16.5. The second kappa shape index (κ2) is 6.16. The maximum absolute atomic E-state index is 5.92. The highest BCUT2D eigenvalue weighted by atomic mass is 16.5. The summed E-state index contributed by atoms with van der Waals surface area (Å²) in [6, 6.07) is 11.8. The van der Waals surface area contributed by atoms with Crippen LogP contribution in [0.5, 0.6) is 11.5 Å². The zero-order valence-electron chi connectivity index (χ0n) is 13.7. The zero-order chi connectivity index (χ0) is 16.4. The molecule has 4 nitrogen and oxygen atoms in total. The van der Waals surface area contributed by atoms with Gasteiger partial charge < -0.3 is 13.9 Å². The van der Waals surface area contributed by atoms with E-state index in [9.17, 15) is 0 Å². The molecule has 3 aromatic rings. The quantitative estimate of drug-likeness (QED) is 0.704. The molecule has 0 saturated heterocycles. The Morgan fingerprint density at radius 3 is 2.26 bits per heavy atom. The lowest BCUT2D eigenvalue weighted by molar-refractivity contribution is 0.355. The van der Waals surface area contributed by atoms with E-state index in [0.29, 0.717) is 17.4 Å². The Morgan fingerprint density at radius 2 is 1.57 bits per heavy atom. The molecule has 0 radical (unpaired) electrons. The summed E-state index contributed by atoms with van der Waals surface area (Å²) in [5, 5.41) is 0. The first-order chi connectivity index (χ1) is 11.1. The van der Waals surface area contributed by atoms with Gasteiger partial charge in [-0.15, -0.1) is 0 Å². The summed E-state index contributed by atoms with van der Waals surface area (Å²) in [6.45, 7) is 4.18. The largest absolute Gasteiger partial charge is 0.493 e. The molecule has 0 atom stereocenters. The molecule has 2 aromatic carbocycles. The number of methoxy groups -OCH3 is 2. The molecule has 3 rings (SSSR count). The molecular weight excluding hydrogens is 290 g/mol. The molecule has 0 spiro atoms. The Balaban J connectivity index is 1.97. The second-order valence-electron chi connectivity index (χ2n) is 5.40. The summed E-state index contributed by atoms with van der Waals surface area (Å²) >= 11 is 0. The van der Waals surface area contributed by atoms with Crippen LogP contribution in [0.2, 0.25) is 0 Å². The number of aromatic nitrogens is 1. The van der Waals surface area contributed by atoms with Crippen LogP contribution < -0.4 is 9.47 Å². The van der Waals surface area contributed by atoms with Crippen LogP contribution in [-0.2, 0) is 0 Å². The van der Waals surface area contributed by atoms with E-state index in [1.165, 1.54) is 11.1 Å². The topological polar surface area (TPSA) is 44.5 Å². The molecule has 0 fully saturated rings. The van der Waals surface area contributed by atoms with E-state index < -0.39 is 0 Å². The van der Waals surface area contributed by atoms with Gasteiger partial charge in [-0.2, -0.15) is 0 Å². The molecule has 0 bridgehead atoms. The van der Waals surface area contributed by atoms with Gasteiger partial charge in [-0.1, -0.05) is 12.1 Å². The van der Waals surface area contributed by atoms with Crippen LogP contribution in [0, 0.1) is 13.8 Å². The van der Waals surface area contributed by atoms with Gasteiger partial charge in [0.2, 0.25) is 5.89 Å². The van der Waals surface area contributed by atoms with Crippen LogP contribution in [0.1, 0.15) is 11.1 Å². The smallest absolute Gasteiger partial charge is 0.226 e. The maximum atomic E-state index is 5.92. The molecule has 4 heteroatoms. The summed E-state index contributed by atoms with van der Waals surface area (Å²) in [4.78, 5) is 4.38. The van der Waals surface area contributed by atoms with Crippen molar-refractivity contribution in [3.05, 3.63) is 53.7 Å². The van der Waals surface area contributed by atoms with Gasteiger partial charge in [0.1, 0.15) is 0 Å². The van der Waals surface area contributed by atoms with Crippen LogP contribution in [0.3, 0.4) is 0 Å². The SMILES string of the molecule is COc1ccc(-c2ncc(-c3ccc(C)c(C)c3)o2)cc1OC. The van der Waals surface area contributed by atoms with Crippen LogP contribution in [-0.4, -0.2) is 19.2 Å². The van der Waals surface area contributed by atoms with E-state index in [0.717, 1.165) is 16.9 Å². The van der Waals surface area contributed by atoms with Crippen LogP contribution >= 0.6 is 0 Å². The normalized spacial score (nSPS) is 10.6. The number of aryl methyl sites for hydroxylation is 2. The molecule has 0 aliphatic carbocycles. The Hall–Kier alpha value is -2.75. The summed E-state index contributed by atoms with van der Waals surface area (Å²) in [5.74, 6) is 2.63. The first kappa shape index (κ1) is 15.2. The lowest BCUT2D eigenvalue weighted by Gasteiger charge is -2.07. The van der Waals surface area contributed by atoms with Gasteiger partial charge in [0.15, 0.2) is 17.3 Å². The molecule has 0 unspecified atom stereocenters. The van der Waals surface area contributed by atoms with Gasteiger partial charge in [-0.3, -0.25) is 0 Å². The third-order valence-electron chi connectivity index (χ3n) is 3.93. The minimum absolute atomic E-state index is 0.555. The number of benzene rings is 2. The monoisotopic (exact) mass is 309 g/mol. The van der Waals surface area contributed by atoms with E-state index in [1.54, 1.807) is 20.4 Å². The number of hydrogen-bond acceptors (Lipinski definition) is 4. The first-order valence-corrected chi connectivity index (χ1v) is 7.38. The van der Waals surface area contributed by atoms with E-state index in [4.69, 9.17) is 13.9 Å². The third kappa shape index (κ3) is 2.93. The van der Waals surface area contributed by atoms with Crippen molar-refractivity contribution >= 4 is 0 Å². The van der Waals surface area contributed by atoms with E-state index in [-0.39, 0.29) is 0 Å². The fourth-order valence-electron chi connectivity index (χ4n) is 2.40. The Labute approximate surface area is 135 Å². The average Bonchev–Trinajstić information content (AvgIpc) is 3.06. The highest BCUT2D eigenvalue weighted by Gasteiger charge is 2.12. The van der Waals surface area contributed by atoms with E-state index in [1.807, 2.05) is 24.3 Å². The van der Waals surface area contributed by atoms with E-state index >= 15 is 0 Å². The van der Waals surface area contributed by atoms with Gasteiger partial charge in [0.25, 0.3) is 0 Å². The molecule has 0 aliphatic heterocycles.